The van der Waals surface area contributed by atoms with E-state index in [0.717, 1.165) is 33.6 Å². The highest BCUT2D eigenvalue weighted by Crippen LogP contribution is 2.41. The van der Waals surface area contributed by atoms with E-state index in [1.165, 1.54) is 0 Å². The van der Waals surface area contributed by atoms with Gasteiger partial charge in [-0.15, -0.1) is 10.2 Å². The lowest BCUT2D eigenvalue weighted by Gasteiger charge is -2.33. The minimum absolute atomic E-state index is 0.0784. The molecule has 2 unspecified atom stereocenters. The number of carbonyl (C=O) groups is 1. The van der Waals surface area contributed by atoms with Crippen molar-refractivity contribution >= 4 is 29.3 Å². The van der Waals surface area contributed by atoms with Gasteiger partial charge in [-0.1, -0.05) is 29.8 Å². The molecule has 0 radical (unpaired) electrons. The Hall–Kier alpha value is -3.39. The fourth-order valence-corrected chi connectivity index (χ4v) is 4.72. The monoisotopic (exact) mass is 463 g/mol. The van der Waals surface area contributed by atoms with Gasteiger partial charge in [0, 0.05) is 44.8 Å². The van der Waals surface area contributed by atoms with Crippen LogP contribution in [0.3, 0.4) is 0 Å². The highest BCUT2D eigenvalue weighted by Gasteiger charge is 2.39. The fraction of sp³-hybridized carbons (Fsp3) is 0.333. The first kappa shape index (κ1) is 21.5. The predicted molar refractivity (Wildman–Crippen MR) is 127 cm³/mol. The number of hydrogen-bond acceptors (Lipinski definition) is 5. The Labute approximate surface area is 197 Å². The summed E-state index contributed by atoms with van der Waals surface area (Å²) in [5.74, 6) is 1.83. The molecular formula is C24H26ClN7O. The number of hydrogen-bond donors (Lipinski definition) is 0. The van der Waals surface area contributed by atoms with Crippen LogP contribution in [0.25, 0.3) is 11.8 Å². The second kappa shape index (κ2) is 8.51. The summed E-state index contributed by atoms with van der Waals surface area (Å²) in [6, 6.07) is 10.2. The van der Waals surface area contributed by atoms with Crippen LogP contribution in [-0.4, -0.2) is 60.4 Å². The van der Waals surface area contributed by atoms with E-state index in [9.17, 15) is 4.79 Å². The Morgan fingerprint density at radius 3 is 2.82 bits per heavy atom. The zero-order chi connectivity index (χ0) is 23.1. The molecule has 4 heterocycles. The molecule has 0 bridgehead atoms. The Bertz CT molecular complexity index is 1260. The summed E-state index contributed by atoms with van der Waals surface area (Å²) in [5, 5.41) is 14.1. The molecule has 0 saturated heterocycles. The van der Waals surface area contributed by atoms with Crippen molar-refractivity contribution in [3.8, 4) is 0 Å². The molecule has 0 aliphatic carbocycles. The van der Waals surface area contributed by atoms with Gasteiger partial charge < -0.3 is 14.4 Å². The first-order chi connectivity index (χ1) is 15.9. The minimum atomic E-state index is 0.0784. The van der Waals surface area contributed by atoms with Crippen LogP contribution < -0.4 is 0 Å². The van der Waals surface area contributed by atoms with Gasteiger partial charge in [0.15, 0.2) is 5.82 Å². The van der Waals surface area contributed by atoms with Crippen molar-refractivity contribution in [1.82, 2.24) is 34.3 Å². The average Bonchev–Trinajstić information content (AvgIpc) is 3.49. The molecule has 9 heteroatoms. The van der Waals surface area contributed by atoms with Crippen LogP contribution in [0.5, 0.6) is 0 Å². The highest BCUT2D eigenvalue weighted by molar-refractivity contribution is 6.30. The van der Waals surface area contributed by atoms with Gasteiger partial charge in [-0.25, -0.2) is 0 Å². The lowest BCUT2D eigenvalue weighted by molar-refractivity contribution is -0.128. The average molecular weight is 464 g/mol. The van der Waals surface area contributed by atoms with Crippen molar-refractivity contribution in [2.45, 2.75) is 38.5 Å². The Kier molecular flexibility index (Phi) is 5.54. The predicted octanol–water partition coefficient (Wildman–Crippen LogP) is 3.41. The third-order valence-corrected chi connectivity index (χ3v) is 6.41. The Morgan fingerprint density at radius 2 is 2.03 bits per heavy atom. The second-order valence-corrected chi connectivity index (χ2v) is 9.06. The Balaban J connectivity index is 1.47. The van der Waals surface area contributed by atoms with Crippen LogP contribution in [0.15, 0.2) is 48.7 Å². The van der Waals surface area contributed by atoms with E-state index in [-0.39, 0.29) is 18.0 Å². The van der Waals surface area contributed by atoms with E-state index in [2.05, 4.69) is 37.9 Å². The van der Waals surface area contributed by atoms with Crippen LogP contribution in [0.2, 0.25) is 5.02 Å². The third-order valence-electron chi connectivity index (χ3n) is 6.18. The summed E-state index contributed by atoms with van der Waals surface area (Å²) in [4.78, 5) is 15.9. The molecule has 33 heavy (non-hydrogen) atoms. The summed E-state index contributed by atoms with van der Waals surface area (Å²) >= 11 is 6.27. The number of rotatable bonds is 6. The molecular weight excluding hydrogens is 438 g/mol. The van der Waals surface area contributed by atoms with Crippen molar-refractivity contribution in [1.29, 1.82) is 0 Å². The zero-order valence-electron chi connectivity index (χ0n) is 18.9. The van der Waals surface area contributed by atoms with Gasteiger partial charge in [-0.2, -0.15) is 5.10 Å². The van der Waals surface area contributed by atoms with Gasteiger partial charge in [0.05, 0.1) is 17.8 Å². The fourth-order valence-electron chi connectivity index (χ4n) is 4.51. The summed E-state index contributed by atoms with van der Waals surface area (Å²) in [5.41, 5.74) is 3.06. The summed E-state index contributed by atoms with van der Waals surface area (Å²) in [6.07, 6.45) is 8.82. The molecule has 2 aliphatic heterocycles. The van der Waals surface area contributed by atoms with Crippen LogP contribution >= 0.6 is 11.6 Å². The molecule has 0 spiro atoms. The van der Waals surface area contributed by atoms with E-state index in [4.69, 9.17) is 16.7 Å². The first-order valence-electron chi connectivity index (χ1n) is 11.0. The molecule has 2 aliphatic rings. The van der Waals surface area contributed by atoms with E-state index >= 15 is 0 Å². The van der Waals surface area contributed by atoms with Gasteiger partial charge in [0.2, 0.25) is 5.91 Å². The lowest BCUT2D eigenvalue weighted by Crippen LogP contribution is -2.35. The van der Waals surface area contributed by atoms with Gasteiger partial charge in [0.1, 0.15) is 11.5 Å². The SMILES string of the molecule is Cc1nnc2n1C1C=C(c3ccn(CCC(=O)N(C)C)n3)N(Cc3cccc(Cl)c3)C1C=C2. The van der Waals surface area contributed by atoms with Crippen molar-refractivity contribution < 1.29 is 4.79 Å². The normalized spacial score (nSPS) is 18.8. The molecule has 170 valence electrons. The standard InChI is InChI=1S/C24H26ClN7O/c1-16-26-27-23-8-7-20-22(32(16)23)14-21(31(20)15-17-5-4-6-18(25)13-17)19-9-11-30(28-19)12-10-24(33)29(2)3/h4-9,11,13-14,20,22H,10,12,15H2,1-3H3. The number of aryl methyl sites for hydroxylation is 2. The van der Waals surface area contributed by atoms with E-state index in [0.29, 0.717) is 19.5 Å². The summed E-state index contributed by atoms with van der Waals surface area (Å²) in [7, 11) is 3.54. The molecule has 0 fully saturated rings. The highest BCUT2D eigenvalue weighted by atomic mass is 35.5. The minimum Gasteiger partial charge on any atom is -0.357 e. The number of amides is 1. The van der Waals surface area contributed by atoms with Crippen LogP contribution in [0.1, 0.15) is 35.4 Å². The number of nitrogens with zero attached hydrogens (tertiary/aromatic N) is 7. The second-order valence-electron chi connectivity index (χ2n) is 8.63. The van der Waals surface area contributed by atoms with E-state index < -0.39 is 0 Å². The topological polar surface area (TPSA) is 72.1 Å². The molecule has 3 aromatic rings. The molecule has 2 aromatic heterocycles. The number of benzene rings is 1. The van der Waals surface area contributed by atoms with Crippen molar-refractivity contribution in [2.24, 2.45) is 0 Å². The molecule has 0 N–H and O–H groups in total. The molecule has 2 atom stereocenters. The van der Waals surface area contributed by atoms with Crippen LogP contribution in [0.4, 0.5) is 0 Å². The molecule has 1 aromatic carbocycles. The van der Waals surface area contributed by atoms with Crippen LogP contribution in [0, 0.1) is 6.92 Å². The number of aromatic nitrogens is 5. The molecule has 1 amide bonds. The maximum atomic E-state index is 12.0. The molecule has 8 nitrogen and oxygen atoms in total. The van der Waals surface area contributed by atoms with Crippen molar-refractivity contribution in [3.63, 3.8) is 0 Å². The largest absolute Gasteiger partial charge is 0.357 e. The number of halogens is 1. The van der Waals surface area contributed by atoms with Gasteiger partial charge in [0.25, 0.3) is 0 Å². The maximum Gasteiger partial charge on any atom is 0.223 e. The smallest absolute Gasteiger partial charge is 0.223 e. The van der Waals surface area contributed by atoms with Crippen LogP contribution in [-0.2, 0) is 17.9 Å². The van der Waals surface area contributed by atoms with Crippen molar-refractivity contribution in [3.05, 3.63) is 76.6 Å². The molecule has 5 rings (SSSR count). The Morgan fingerprint density at radius 1 is 1.18 bits per heavy atom. The maximum absolute atomic E-state index is 12.0. The number of carbonyl (C=O) groups excluding carboxylic acids is 1. The zero-order valence-corrected chi connectivity index (χ0v) is 19.6. The summed E-state index contributed by atoms with van der Waals surface area (Å²) < 4.78 is 4.01. The lowest BCUT2D eigenvalue weighted by atomic mass is 10.1. The van der Waals surface area contributed by atoms with E-state index in [1.807, 2.05) is 48.1 Å². The summed E-state index contributed by atoms with van der Waals surface area (Å²) in [6.45, 7) is 3.22. The first-order valence-corrected chi connectivity index (χ1v) is 11.3. The van der Waals surface area contributed by atoms with Crippen molar-refractivity contribution in [2.75, 3.05) is 14.1 Å². The molecule has 0 saturated carbocycles. The van der Waals surface area contributed by atoms with Gasteiger partial charge >= 0.3 is 0 Å². The van der Waals surface area contributed by atoms with Gasteiger partial charge in [-0.3, -0.25) is 9.48 Å². The quantitative estimate of drug-likeness (QED) is 0.560. The van der Waals surface area contributed by atoms with Gasteiger partial charge in [-0.05, 0) is 42.8 Å². The number of fused-ring (bicyclic) bond motifs is 3. The third kappa shape index (κ3) is 4.06. The van der Waals surface area contributed by atoms with E-state index in [1.54, 1.807) is 19.0 Å².